The van der Waals surface area contributed by atoms with Crippen LogP contribution in [-0.2, 0) is 0 Å². The van der Waals surface area contributed by atoms with Crippen molar-refractivity contribution < 1.29 is 8.78 Å². The van der Waals surface area contributed by atoms with E-state index in [-0.39, 0.29) is 30.6 Å². The molecule has 2 nitrogen and oxygen atoms in total. The van der Waals surface area contributed by atoms with E-state index in [0.29, 0.717) is 10.0 Å². The van der Waals surface area contributed by atoms with E-state index in [1.165, 1.54) is 6.07 Å². The smallest absolute Gasteiger partial charge is 0.129 e. The summed E-state index contributed by atoms with van der Waals surface area (Å²) < 4.78 is 27.6. The highest BCUT2D eigenvalue weighted by Crippen LogP contribution is 2.26. The Kier molecular flexibility index (Phi) is 9.11. The van der Waals surface area contributed by atoms with Gasteiger partial charge in [-0.3, -0.25) is 4.90 Å². The Balaban J connectivity index is 0.00000162. The largest absolute Gasteiger partial charge is 0.314 e. The molecule has 0 aromatic heterocycles. The molecule has 0 radical (unpaired) electrons. The van der Waals surface area contributed by atoms with E-state index in [9.17, 15) is 8.78 Å². The van der Waals surface area contributed by atoms with E-state index < -0.39 is 12.7 Å². The Labute approximate surface area is 132 Å². The van der Waals surface area contributed by atoms with Crippen LogP contribution < -0.4 is 5.32 Å². The highest BCUT2D eigenvalue weighted by Gasteiger charge is 2.24. The third-order valence-corrected chi connectivity index (χ3v) is 3.55. The third kappa shape index (κ3) is 4.83. The lowest BCUT2D eigenvalue weighted by Crippen LogP contribution is -2.45. The number of halogens is 5. The van der Waals surface area contributed by atoms with Crippen LogP contribution in [0.2, 0.25) is 0 Å². The number of piperazine rings is 1. The zero-order valence-corrected chi connectivity index (χ0v) is 13.5. The van der Waals surface area contributed by atoms with Gasteiger partial charge in [0.05, 0.1) is 6.04 Å². The van der Waals surface area contributed by atoms with Gasteiger partial charge < -0.3 is 5.32 Å². The van der Waals surface area contributed by atoms with E-state index in [1.54, 1.807) is 12.1 Å². The molecule has 1 aliphatic rings. The molecule has 0 saturated carbocycles. The minimum Gasteiger partial charge on any atom is -0.314 e. The SMILES string of the molecule is Cl.Cl.FC[C@H](c1ccc(Br)cc1F)N1CCNCC1. The molecule has 1 aromatic carbocycles. The van der Waals surface area contributed by atoms with Gasteiger partial charge in [-0.2, -0.15) is 0 Å². The van der Waals surface area contributed by atoms with Gasteiger partial charge in [0.25, 0.3) is 0 Å². The Bertz CT molecular complexity index is 390. The van der Waals surface area contributed by atoms with Crippen molar-refractivity contribution in [1.82, 2.24) is 10.2 Å². The van der Waals surface area contributed by atoms with Gasteiger partial charge >= 0.3 is 0 Å². The predicted octanol–water partition coefficient (Wildman–Crippen LogP) is 3.35. The van der Waals surface area contributed by atoms with E-state index in [1.807, 2.05) is 4.90 Å². The summed E-state index contributed by atoms with van der Waals surface area (Å²) in [7, 11) is 0. The lowest BCUT2D eigenvalue weighted by atomic mass is 10.1. The number of rotatable bonds is 3. The fourth-order valence-electron chi connectivity index (χ4n) is 2.14. The second kappa shape index (κ2) is 9.08. The zero-order chi connectivity index (χ0) is 12.3. The molecule has 0 unspecified atom stereocenters. The van der Waals surface area contributed by atoms with Gasteiger partial charge in [-0.15, -0.1) is 24.8 Å². The summed E-state index contributed by atoms with van der Waals surface area (Å²) in [4.78, 5) is 1.99. The normalized spacial score (nSPS) is 17.2. The monoisotopic (exact) mass is 376 g/mol. The molecule has 1 N–H and O–H groups in total. The molecule has 19 heavy (non-hydrogen) atoms. The van der Waals surface area contributed by atoms with Gasteiger partial charge in [0.15, 0.2) is 0 Å². The van der Waals surface area contributed by atoms with Crippen LogP contribution >= 0.6 is 40.7 Å². The third-order valence-electron chi connectivity index (χ3n) is 3.06. The van der Waals surface area contributed by atoms with Crippen molar-refractivity contribution in [3.8, 4) is 0 Å². The molecule has 0 aliphatic carbocycles. The molecular weight excluding hydrogens is 361 g/mol. The van der Waals surface area contributed by atoms with E-state index in [2.05, 4.69) is 21.2 Å². The van der Waals surface area contributed by atoms with E-state index in [0.717, 1.165) is 26.2 Å². The summed E-state index contributed by atoms with van der Waals surface area (Å²) in [5, 5.41) is 3.20. The van der Waals surface area contributed by atoms with Crippen LogP contribution in [0.15, 0.2) is 22.7 Å². The van der Waals surface area contributed by atoms with E-state index >= 15 is 0 Å². The lowest BCUT2D eigenvalue weighted by molar-refractivity contribution is 0.144. The maximum Gasteiger partial charge on any atom is 0.129 e. The van der Waals surface area contributed by atoms with Crippen LogP contribution in [0.1, 0.15) is 11.6 Å². The minimum atomic E-state index is -0.557. The Morgan fingerprint density at radius 3 is 2.42 bits per heavy atom. The number of hydrogen-bond donors (Lipinski definition) is 1. The summed E-state index contributed by atoms with van der Waals surface area (Å²) in [6, 6.07) is 4.33. The van der Waals surface area contributed by atoms with Gasteiger partial charge in [0.2, 0.25) is 0 Å². The molecule has 0 spiro atoms. The first kappa shape index (κ1) is 19.1. The number of nitrogens with one attached hydrogen (secondary N) is 1. The second-order valence-electron chi connectivity index (χ2n) is 4.12. The molecule has 7 heteroatoms. The van der Waals surface area contributed by atoms with Crippen molar-refractivity contribution in [3.05, 3.63) is 34.1 Å². The number of benzene rings is 1. The summed E-state index contributed by atoms with van der Waals surface area (Å²) in [5.41, 5.74) is 0.442. The van der Waals surface area contributed by atoms with Crippen LogP contribution in [0.3, 0.4) is 0 Å². The van der Waals surface area contributed by atoms with Gasteiger partial charge in [-0.1, -0.05) is 22.0 Å². The van der Waals surface area contributed by atoms with Crippen molar-refractivity contribution in [2.24, 2.45) is 0 Å². The topological polar surface area (TPSA) is 15.3 Å². The van der Waals surface area contributed by atoms with Gasteiger partial charge in [-0.25, -0.2) is 8.78 Å². The zero-order valence-electron chi connectivity index (χ0n) is 10.2. The summed E-state index contributed by atoms with van der Waals surface area (Å²) in [5.74, 6) is -0.347. The molecule has 1 aromatic rings. The quantitative estimate of drug-likeness (QED) is 0.868. The number of nitrogens with zero attached hydrogens (tertiary/aromatic N) is 1. The van der Waals surface area contributed by atoms with Crippen molar-refractivity contribution in [1.29, 1.82) is 0 Å². The fraction of sp³-hybridized carbons (Fsp3) is 0.500. The van der Waals surface area contributed by atoms with Crippen LogP contribution in [0.4, 0.5) is 8.78 Å². The molecule has 2 rings (SSSR count). The maximum atomic E-state index is 13.8. The number of hydrogen-bond acceptors (Lipinski definition) is 2. The van der Waals surface area contributed by atoms with Crippen LogP contribution in [0.5, 0.6) is 0 Å². The molecule has 1 saturated heterocycles. The van der Waals surface area contributed by atoms with E-state index in [4.69, 9.17) is 0 Å². The number of alkyl halides is 1. The van der Waals surface area contributed by atoms with Crippen molar-refractivity contribution in [2.45, 2.75) is 6.04 Å². The average molecular weight is 378 g/mol. The predicted molar refractivity (Wildman–Crippen MR) is 81.8 cm³/mol. The first-order chi connectivity index (χ1) is 8.22. The van der Waals surface area contributed by atoms with Crippen molar-refractivity contribution >= 4 is 40.7 Å². The van der Waals surface area contributed by atoms with Gasteiger partial charge in [0, 0.05) is 36.2 Å². The molecule has 1 heterocycles. The molecular formula is C12H17BrCl2F2N2. The first-order valence-corrected chi connectivity index (χ1v) is 6.47. The van der Waals surface area contributed by atoms with Gasteiger partial charge in [-0.05, 0) is 12.1 Å². The van der Waals surface area contributed by atoms with Crippen LogP contribution in [0, 0.1) is 5.82 Å². The fourth-order valence-corrected chi connectivity index (χ4v) is 2.48. The standard InChI is InChI=1S/C12H15BrF2N2.2ClH/c13-9-1-2-10(11(15)7-9)12(8-14)17-5-3-16-4-6-17;;/h1-2,7,12,16H,3-6,8H2;2*1H/t12-;;/m1../s1. The Hall–Kier alpha value is 0.0600. The second-order valence-corrected chi connectivity index (χ2v) is 5.04. The average Bonchev–Trinajstić information content (AvgIpc) is 2.34. The van der Waals surface area contributed by atoms with Crippen LogP contribution in [-0.4, -0.2) is 37.8 Å². The molecule has 0 bridgehead atoms. The molecule has 1 atom stereocenters. The van der Waals surface area contributed by atoms with Crippen molar-refractivity contribution in [2.75, 3.05) is 32.9 Å². The van der Waals surface area contributed by atoms with Gasteiger partial charge in [0.1, 0.15) is 12.5 Å². The molecule has 0 amide bonds. The molecule has 1 aliphatic heterocycles. The minimum absolute atomic E-state index is 0. The maximum absolute atomic E-state index is 13.8. The summed E-state index contributed by atoms with van der Waals surface area (Å²) >= 11 is 3.21. The first-order valence-electron chi connectivity index (χ1n) is 5.68. The Morgan fingerprint density at radius 1 is 1.26 bits per heavy atom. The summed E-state index contributed by atoms with van der Waals surface area (Å²) in [6.07, 6.45) is 0. The Morgan fingerprint density at radius 2 is 1.89 bits per heavy atom. The highest BCUT2D eigenvalue weighted by molar-refractivity contribution is 9.10. The van der Waals surface area contributed by atoms with Crippen LogP contribution in [0.25, 0.3) is 0 Å². The highest BCUT2D eigenvalue weighted by atomic mass is 79.9. The molecule has 1 fully saturated rings. The lowest BCUT2D eigenvalue weighted by Gasteiger charge is -2.33. The summed E-state index contributed by atoms with van der Waals surface area (Å²) in [6.45, 7) is 2.61. The van der Waals surface area contributed by atoms with Crippen molar-refractivity contribution in [3.63, 3.8) is 0 Å². The molecule has 110 valence electrons.